The van der Waals surface area contributed by atoms with Crippen LogP contribution in [0.2, 0.25) is 0 Å². The first-order valence-corrected chi connectivity index (χ1v) is 8.54. The molecule has 2 heteroatoms. The van der Waals surface area contributed by atoms with Gasteiger partial charge in [0.25, 0.3) is 0 Å². The summed E-state index contributed by atoms with van der Waals surface area (Å²) in [5.74, 6) is 0. The zero-order chi connectivity index (χ0) is 15.4. The van der Waals surface area contributed by atoms with Crippen LogP contribution in [-0.2, 0) is 6.42 Å². The summed E-state index contributed by atoms with van der Waals surface area (Å²) in [7, 11) is 0. The van der Waals surface area contributed by atoms with Crippen LogP contribution in [0.3, 0.4) is 0 Å². The number of aromatic amines is 1. The molecule has 0 aliphatic rings. The van der Waals surface area contributed by atoms with Crippen LogP contribution in [0.15, 0.2) is 42.5 Å². The van der Waals surface area contributed by atoms with E-state index in [1.165, 1.54) is 53.3 Å². The number of hydrogen-bond acceptors (Lipinski definition) is 1. The van der Waals surface area contributed by atoms with Gasteiger partial charge < -0.3 is 9.88 Å². The van der Waals surface area contributed by atoms with Gasteiger partial charge in [0, 0.05) is 28.4 Å². The number of hydrogen-bond donors (Lipinski definition) is 1. The quantitative estimate of drug-likeness (QED) is 0.650. The third kappa shape index (κ3) is 3.02. The fourth-order valence-electron chi connectivity index (χ4n) is 3.43. The van der Waals surface area contributed by atoms with Gasteiger partial charge in [-0.15, -0.1) is 0 Å². The average molecular weight is 294 g/mol. The normalized spacial score (nSPS) is 11.8. The predicted octanol–water partition coefficient (Wildman–Crippen LogP) is 4.99. The Balaban J connectivity index is 1.90. The van der Waals surface area contributed by atoms with Crippen LogP contribution in [0.5, 0.6) is 0 Å². The van der Waals surface area contributed by atoms with E-state index in [2.05, 4.69) is 66.2 Å². The molecule has 1 N–H and O–H groups in total. The second kappa shape index (κ2) is 6.97. The van der Waals surface area contributed by atoms with Crippen LogP contribution in [-0.4, -0.2) is 29.5 Å². The minimum absolute atomic E-state index is 1.12. The lowest BCUT2D eigenvalue weighted by atomic mass is 10.0. The number of para-hydroxylation sites is 1. The fourth-order valence-corrected chi connectivity index (χ4v) is 3.43. The van der Waals surface area contributed by atoms with Crippen molar-refractivity contribution >= 4 is 21.8 Å². The number of fused-ring (bicyclic) bond motifs is 3. The van der Waals surface area contributed by atoms with Crippen molar-refractivity contribution in [1.29, 1.82) is 0 Å². The van der Waals surface area contributed by atoms with E-state index in [1.807, 2.05) is 0 Å². The molecule has 1 aromatic heterocycles. The molecule has 0 spiro atoms. The van der Waals surface area contributed by atoms with Crippen molar-refractivity contribution in [3.63, 3.8) is 0 Å². The van der Waals surface area contributed by atoms with Crippen LogP contribution >= 0.6 is 0 Å². The minimum atomic E-state index is 1.12. The Hall–Kier alpha value is -1.80. The Morgan fingerprint density at radius 2 is 1.55 bits per heavy atom. The van der Waals surface area contributed by atoms with Crippen molar-refractivity contribution < 1.29 is 0 Å². The first-order valence-electron chi connectivity index (χ1n) is 8.54. The van der Waals surface area contributed by atoms with Gasteiger partial charge in [-0.1, -0.05) is 44.2 Å². The van der Waals surface area contributed by atoms with Crippen molar-refractivity contribution in [2.75, 3.05) is 19.6 Å². The lowest BCUT2D eigenvalue weighted by Crippen LogP contribution is -2.27. The largest absolute Gasteiger partial charge is 0.355 e. The summed E-state index contributed by atoms with van der Waals surface area (Å²) in [5.41, 5.74) is 3.97. The van der Waals surface area contributed by atoms with Crippen molar-refractivity contribution in [3.8, 4) is 0 Å². The average Bonchev–Trinajstić information content (AvgIpc) is 2.92. The van der Waals surface area contributed by atoms with Crippen molar-refractivity contribution in [3.05, 3.63) is 48.0 Å². The van der Waals surface area contributed by atoms with Crippen molar-refractivity contribution in [1.82, 2.24) is 9.88 Å². The molecule has 0 atom stereocenters. The lowest BCUT2D eigenvalue weighted by Gasteiger charge is -2.21. The number of H-pyrrole nitrogens is 1. The summed E-state index contributed by atoms with van der Waals surface area (Å²) in [4.78, 5) is 6.13. The van der Waals surface area contributed by atoms with E-state index < -0.39 is 0 Å². The molecule has 116 valence electrons. The number of rotatable bonds is 7. The van der Waals surface area contributed by atoms with Gasteiger partial charge in [-0.25, -0.2) is 0 Å². The molecular weight excluding hydrogens is 268 g/mol. The van der Waals surface area contributed by atoms with Gasteiger partial charge in [0.1, 0.15) is 0 Å². The van der Waals surface area contributed by atoms with Crippen LogP contribution in [0.25, 0.3) is 21.8 Å². The molecule has 0 aliphatic carbocycles. The Morgan fingerprint density at radius 1 is 0.818 bits per heavy atom. The van der Waals surface area contributed by atoms with E-state index in [9.17, 15) is 0 Å². The molecule has 0 fully saturated rings. The van der Waals surface area contributed by atoms with Crippen molar-refractivity contribution in [2.24, 2.45) is 0 Å². The topological polar surface area (TPSA) is 19.0 Å². The van der Waals surface area contributed by atoms with Gasteiger partial charge >= 0.3 is 0 Å². The highest BCUT2D eigenvalue weighted by Crippen LogP contribution is 2.28. The standard InChI is InChI=1S/C20H26N2/c1-3-13-22(14-4-2)15-12-16-8-7-11-19-20(16)17-9-5-6-10-18(17)21-19/h5-11,21H,3-4,12-15H2,1-2H3. The Labute approximate surface area is 133 Å². The van der Waals surface area contributed by atoms with Crippen LogP contribution in [0.1, 0.15) is 32.3 Å². The maximum Gasteiger partial charge on any atom is 0.0467 e. The molecule has 1 heterocycles. The summed E-state index contributed by atoms with van der Waals surface area (Å²) in [6.07, 6.45) is 3.59. The molecule has 0 bridgehead atoms. The molecule has 0 amide bonds. The predicted molar refractivity (Wildman–Crippen MR) is 96.5 cm³/mol. The second-order valence-electron chi connectivity index (χ2n) is 6.10. The van der Waals surface area contributed by atoms with Crippen molar-refractivity contribution in [2.45, 2.75) is 33.1 Å². The SMILES string of the molecule is CCCN(CCC)CCc1cccc2[nH]c3ccccc3c12. The molecule has 2 nitrogen and oxygen atoms in total. The second-order valence-corrected chi connectivity index (χ2v) is 6.10. The summed E-state index contributed by atoms with van der Waals surface area (Å²) in [5, 5.41) is 2.76. The molecule has 0 unspecified atom stereocenters. The van der Waals surface area contributed by atoms with E-state index in [0.717, 1.165) is 13.0 Å². The third-order valence-electron chi connectivity index (χ3n) is 4.39. The van der Waals surface area contributed by atoms with Crippen LogP contribution in [0, 0.1) is 0 Å². The van der Waals surface area contributed by atoms with E-state index in [1.54, 1.807) is 0 Å². The summed E-state index contributed by atoms with van der Waals surface area (Å²) in [6, 6.07) is 15.3. The minimum Gasteiger partial charge on any atom is -0.355 e. The van der Waals surface area contributed by atoms with Gasteiger partial charge in [-0.3, -0.25) is 0 Å². The molecule has 0 saturated carbocycles. The number of nitrogens with one attached hydrogen (secondary N) is 1. The number of nitrogens with zero attached hydrogens (tertiary/aromatic N) is 1. The summed E-state index contributed by atoms with van der Waals surface area (Å²) in [6.45, 7) is 8.10. The van der Waals surface area contributed by atoms with E-state index in [-0.39, 0.29) is 0 Å². The maximum atomic E-state index is 3.54. The van der Waals surface area contributed by atoms with E-state index in [0.29, 0.717) is 0 Å². The third-order valence-corrected chi connectivity index (χ3v) is 4.39. The zero-order valence-corrected chi connectivity index (χ0v) is 13.7. The Morgan fingerprint density at radius 3 is 2.32 bits per heavy atom. The molecule has 22 heavy (non-hydrogen) atoms. The monoisotopic (exact) mass is 294 g/mol. The highest BCUT2D eigenvalue weighted by atomic mass is 15.1. The number of aromatic nitrogens is 1. The first-order chi connectivity index (χ1) is 10.8. The fraction of sp³-hybridized carbons (Fsp3) is 0.400. The highest BCUT2D eigenvalue weighted by Gasteiger charge is 2.09. The van der Waals surface area contributed by atoms with Gasteiger partial charge in [-0.05, 0) is 50.0 Å². The molecular formula is C20H26N2. The molecule has 3 aromatic rings. The first kappa shape index (κ1) is 15.1. The zero-order valence-electron chi connectivity index (χ0n) is 13.7. The molecule has 0 radical (unpaired) electrons. The lowest BCUT2D eigenvalue weighted by molar-refractivity contribution is 0.278. The van der Waals surface area contributed by atoms with Crippen LogP contribution < -0.4 is 0 Å². The summed E-state index contributed by atoms with van der Waals surface area (Å²) < 4.78 is 0. The van der Waals surface area contributed by atoms with Gasteiger partial charge in [0.15, 0.2) is 0 Å². The number of benzene rings is 2. The molecule has 3 rings (SSSR count). The molecule has 0 aliphatic heterocycles. The Kier molecular flexibility index (Phi) is 4.79. The molecule has 2 aromatic carbocycles. The van der Waals surface area contributed by atoms with Gasteiger partial charge in [0.2, 0.25) is 0 Å². The van der Waals surface area contributed by atoms with Crippen LogP contribution in [0.4, 0.5) is 0 Å². The molecule has 0 saturated heterocycles. The van der Waals surface area contributed by atoms with E-state index >= 15 is 0 Å². The van der Waals surface area contributed by atoms with E-state index in [4.69, 9.17) is 0 Å². The highest BCUT2D eigenvalue weighted by molar-refractivity contribution is 6.08. The summed E-state index contributed by atoms with van der Waals surface area (Å²) >= 11 is 0. The smallest absolute Gasteiger partial charge is 0.0467 e. The van der Waals surface area contributed by atoms with Gasteiger partial charge in [-0.2, -0.15) is 0 Å². The Bertz CT molecular complexity index is 736. The maximum absolute atomic E-state index is 3.54. The van der Waals surface area contributed by atoms with Gasteiger partial charge in [0.05, 0.1) is 0 Å².